The van der Waals surface area contributed by atoms with Crippen molar-refractivity contribution in [2.24, 2.45) is 0 Å². The number of hydrogen-bond acceptors (Lipinski definition) is 5. The van der Waals surface area contributed by atoms with E-state index in [0.29, 0.717) is 13.1 Å². The summed E-state index contributed by atoms with van der Waals surface area (Å²) in [5.74, 6) is 0. The molecule has 2 aliphatic heterocycles. The molecule has 0 unspecified atom stereocenters. The summed E-state index contributed by atoms with van der Waals surface area (Å²) in [5.41, 5.74) is -0.485. The first-order valence-electron chi connectivity index (χ1n) is 8.87. The number of nitrogens with zero attached hydrogens (tertiary/aromatic N) is 2. The summed E-state index contributed by atoms with van der Waals surface area (Å²) < 4.78 is 10.5. The highest BCUT2D eigenvalue weighted by atomic mass is 16.6. The quantitative estimate of drug-likeness (QED) is 0.834. The van der Waals surface area contributed by atoms with Crippen molar-refractivity contribution in [3.05, 3.63) is 0 Å². The molecule has 0 atom stereocenters. The first-order chi connectivity index (χ1) is 11.3. The van der Waals surface area contributed by atoms with E-state index in [9.17, 15) is 9.59 Å². The molecule has 0 aromatic rings. The van der Waals surface area contributed by atoms with Gasteiger partial charge in [0.05, 0.1) is 7.11 Å². The number of amides is 2. The van der Waals surface area contributed by atoms with Crippen molar-refractivity contribution < 1.29 is 19.1 Å². The molecule has 0 spiro atoms. The predicted octanol–water partition coefficient (Wildman–Crippen LogP) is 2.21. The second-order valence-corrected chi connectivity index (χ2v) is 7.56. The largest absolute Gasteiger partial charge is 0.453 e. The Morgan fingerprint density at radius 1 is 1.04 bits per heavy atom. The predicted molar refractivity (Wildman–Crippen MR) is 91.0 cm³/mol. The Bertz CT molecular complexity index is 436. The van der Waals surface area contributed by atoms with Crippen LogP contribution >= 0.6 is 0 Å². The molecule has 2 saturated heterocycles. The lowest BCUT2D eigenvalue weighted by Gasteiger charge is -2.42. The maximum atomic E-state index is 12.3. The third-order valence-electron chi connectivity index (χ3n) is 4.60. The smallest absolute Gasteiger partial charge is 0.410 e. The van der Waals surface area contributed by atoms with Gasteiger partial charge in [-0.2, -0.15) is 0 Å². The molecule has 7 heteroatoms. The number of ether oxygens (including phenoxy) is 2. The topological polar surface area (TPSA) is 71.1 Å². The number of carbonyl (C=O) groups excluding carboxylic acids is 2. The van der Waals surface area contributed by atoms with Gasteiger partial charge in [0.1, 0.15) is 5.60 Å². The van der Waals surface area contributed by atoms with E-state index in [2.05, 4.69) is 5.32 Å². The minimum atomic E-state index is -0.485. The maximum Gasteiger partial charge on any atom is 0.410 e. The lowest BCUT2D eigenvalue weighted by atomic mass is 9.97. The number of hydrogen-bond donors (Lipinski definition) is 1. The number of rotatable bonds is 2. The molecule has 0 aliphatic carbocycles. The summed E-state index contributed by atoms with van der Waals surface area (Å²) in [6.07, 6.45) is 2.89. The van der Waals surface area contributed by atoms with Gasteiger partial charge in [0.15, 0.2) is 0 Å². The third-order valence-corrected chi connectivity index (χ3v) is 4.60. The van der Waals surface area contributed by atoms with Gasteiger partial charge in [-0.25, -0.2) is 9.59 Å². The summed E-state index contributed by atoms with van der Waals surface area (Å²) in [4.78, 5) is 28.1. The zero-order valence-corrected chi connectivity index (χ0v) is 15.3. The van der Waals surface area contributed by atoms with Gasteiger partial charge in [0.2, 0.25) is 0 Å². The summed E-state index contributed by atoms with van der Waals surface area (Å²) in [6.45, 7) is 8.68. The molecule has 7 nitrogen and oxygen atoms in total. The molecular formula is C17H31N3O4. The Kier molecular flexibility index (Phi) is 6.32. The summed E-state index contributed by atoms with van der Waals surface area (Å²) in [7, 11) is 1.44. The molecule has 0 aromatic carbocycles. The first kappa shape index (κ1) is 18.8. The standard InChI is InChI=1S/C17H31N3O4/c1-17(2,3)24-15(21)19-11-7-14(8-12-19)20(16(22)23-4)13-5-9-18-10-6-13/h13-14,18H,5-12H2,1-4H3. The molecule has 2 rings (SSSR count). The molecule has 1 N–H and O–H groups in total. The van der Waals surface area contributed by atoms with Crippen LogP contribution in [0.5, 0.6) is 0 Å². The molecule has 0 aromatic heterocycles. The van der Waals surface area contributed by atoms with E-state index >= 15 is 0 Å². The fourth-order valence-corrected chi connectivity index (χ4v) is 3.44. The minimum absolute atomic E-state index is 0.124. The van der Waals surface area contributed by atoms with E-state index < -0.39 is 5.60 Å². The molecule has 138 valence electrons. The molecule has 2 heterocycles. The summed E-state index contributed by atoms with van der Waals surface area (Å²) in [6, 6.07) is 0.344. The van der Waals surface area contributed by atoms with Gasteiger partial charge in [-0.15, -0.1) is 0 Å². The van der Waals surface area contributed by atoms with Crippen molar-refractivity contribution in [2.45, 2.75) is 64.1 Å². The highest BCUT2D eigenvalue weighted by Gasteiger charge is 2.36. The molecule has 0 bridgehead atoms. The molecule has 2 amide bonds. The molecule has 24 heavy (non-hydrogen) atoms. The second-order valence-electron chi connectivity index (χ2n) is 7.56. The van der Waals surface area contributed by atoms with E-state index in [1.54, 1.807) is 4.90 Å². The SMILES string of the molecule is COC(=O)N(C1CCNCC1)C1CCN(C(=O)OC(C)(C)C)CC1. The van der Waals surface area contributed by atoms with Gasteiger partial charge < -0.3 is 24.6 Å². The fourth-order valence-electron chi connectivity index (χ4n) is 3.44. The summed E-state index contributed by atoms with van der Waals surface area (Å²) >= 11 is 0. The van der Waals surface area contributed by atoms with E-state index in [1.165, 1.54) is 7.11 Å². The van der Waals surface area contributed by atoms with Crippen molar-refractivity contribution in [1.82, 2.24) is 15.1 Å². The highest BCUT2D eigenvalue weighted by Crippen LogP contribution is 2.24. The Morgan fingerprint density at radius 2 is 1.58 bits per heavy atom. The maximum absolute atomic E-state index is 12.3. The van der Waals surface area contributed by atoms with Crippen LogP contribution in [0, 0.1) is 0 Å². The summed E-state index contributed by atoms with van der Waals surface area (Å²) in [5, 5.41) is 3.32. The van der Waals surface area contributed by atoms with Crippen molar-refractivity contribution in [1.29, 1.82) is 0 Å². The van der Waals surface area contributed by atoms with Crippen LogP contribution in [0.25, 0.3) is 0 Å². The molecule has 2 aliphatic rings. The van der Waals surface area contributed by atoms with E-state index in [-0.39, 0.29) is 24.3 Å². The Morgan fingerprint density at radius 3 is 2.08 bits per heavy atom. The average molecular weight is 341 g/mol. The van der Waals surface area contributed by atoms with Crippen LogP contribution in [0.15, 0.2) is 0 Å². The van der Waals surface area contributed by atoms with Crippen molar-refractivity contribution in [3.8, 4) is 0 Å². The average Bonchev–Trinajstić information content (AvgIpc) is 2.55. The number of carbonyl (C=O) groups is 2. The van der Waals surface area contributed by atoms with Crippen LogP contribution < -0.4 is 5.32 Å². The van der Waals surface area contributed by atoms with Gasteiger partial charge in [-0.3, -0.25) is 0 Å². The molecule has 2 fully saturated rings. The Labute approximate surface area is 144 Å². The zero-order chi connectivity index (χ0) is 17.7. The monoisotopic (exact) mass is 341 g/mol. The number of piperidine rings is 2. The highest BCUT2D eigenvalue weighted by molar-refractivity contribution is 5.69. The first-order valence-corrected chi connectivity index (χ1v) is 8.87. The van der Waals surface area contributed by atoms with Crippen molar-refractivity contribution in [2.75, 3.05) is 33.3 Å². The molecule has 0 radical (unpaired) electrons. The lowest BCUT2D eigenvalue weighted by molar-refractivity contribution is 0.00970. The number of nitrogens with one attached hydrogen (secondary N) is 1. The molecular weight excluding hydrogens is 310 g/mol. The number of methoxy groups -OCH3 is 1. The van der Waals surface area contributed by atoms with Crippen LogP contribution in [0.1, 0.15) is 46.5 Å². The molecule has 0 saturated carbocycles. The van der Waals surface area contributed by atoms with E-state index in [1.807, 2.05) is 25.7 Å². The van der Waals surface area contributed by atoms with Crippen LogP contribution in [-0.2, 0) is 9.47 Å². The van der Waals surface area contributed by atoms with Crippen LogP contribution in [-0.4, -0.2) is 73.0 Å². The van der Waals surface area contributed by atoms with Gasteiger partial charge >= 0.3 is 12.2 Å². The normalized spacial score (nSPS) is 20.6. The van der Waals surface area contributed by atoms with Gasteiger partial charge in [-0.1, -0.05) is 0 Å². The van der Waals surface area contributed by atoms with Crippen LogP contribution in [0.3, 0.4) is 0 Å². The van der Waals surface area contributed by atoms with E-state index in [0.717, 1.165) is 38.8 Å². The Balaban J connectivity index is 1.94. The van der Waals surface area contributed by atoms with Crippen molar-refractivity contribution in [3.63, 3.8) is 0 Å². The minimum Gasteiger partial charge on any atom is -0.453 e. The zero-order valence-electron chi connectivity index (χ0n) is 15.3. The Hall–Kier alpha value is -1.50. The van der Waals surface area contributed by atoms with Gasteiger partial charge in [0.25, 0.3) is 0 Å². The van der Waals surface area contributed by atoms with Crippen molar-refractivity contribution >= 4 is 12.2 Å². The van der Waals surface area contributed by atoms with E-state index in [4.69, 9.17) is 9.47 Å². The number of likely N-dealkylation sites (tertiary alicyclic amines) is 1. The second kappa shape index (κ2) is 8.05. The van der Waals surface area contributed by atoms with Crippen LogP contribution in [0.4, 0.5) is 9.59 Å². The third kappa shape index (κ3) is 5.00. The van der Waals surface area contributed by atoms with Crippen LogP contribution in [0.2, 0.25) is 0 Å². The fraction of sp³-hybridized carbons (Fsp3) is 0.882. The van der Waals surface area contributed by atoms with Gasteiger partial charge in [-0.05, 0) is 59.5 Å². The lowest BCUT2D eigenvalue weighted by Crippen LogP contribution is -2.55. The van der Waals surface area contributed by atoms with Gasteiger partial charge in [0, 0.05) is 25.2 Å².